The number of hydrogen-bond acceptors (Lipinski definition) is 8. The number of nitrogens with one attached hydrogen (secondary N) is 4. The van der Waals surface area contributed by atoms with Crippen LogP contribution >= 0.6 is 0 Å². The molecule has 18 heavy (non-hydrogen) atoms. The highest BCUT2D eigenvalue weighted by Gasteiger charge is 2.26. The molecular weight excluding hydrogens is 232 g/mol. The molecule has 8 nitrogen and oxygen atoms in total. The third-order valence-electron chi connectivity index (χ3n) is 2.42. The van der Waals surface area contributed by atoms with Crippen molar-refractivity contribution in [3.05, 3.63) is 0 Å². The van der Waals surface area contributed by atoms with Gasteiger partial charge in [0.2, 0.25) is 0 Å². The van der Waals surface area contributed by atoms with Gasteiger partial charge in [0.05, 0.1) is 0 Å². The first-order valence-corrected chi connectivity index (χ1v) is 6.50. The van der Waals surface area contributed by atoms with Crippen molar-refractivity contribution in [3.63, 3.8) is 0 Å². The van der Waals surface area contributed by atoms with Crippen LogP contribution in [0.15, 0.2) is 0 Å². The van der Waals surface area contributed by atoms with Crippen LogP contribution in [-0.2, 0) is 0 Å². The summed E-state index contributed by atoms with van der Waals surface area (Å²) in [6, 6.07) is 0. The Morgan fingerprint density at radius 1 is 0.611 bits per heavy atom. The fourth-order valence-corrected chi connectivity index (χ4v) is 1.61. The van der Waals surface area contributed by atoms with Crippen LogP contribution < -0.4 is 44.2 Å². The number of nitrogens with two attached hydrogens (primary N) is 4. The van der Waals surface area contributed by atoms with Crippen LogP contribution in [0, 0.1) is 0 Å². The van der Waals surface area contributed by atoms with E-state index in [4.69, 9.17) is 22.9 Å². The zero-order valence-corrected chi connectivity index (χ0v) is 11.2. The van der Waals surface area contributed by atoms with Crippen LogP contribution in [0.4, 0.5) is 0 Å². The summed E-state index contributed by atoms with van der Waals surface area (Å²) in [6.07, 6.45) is 0. The lowest BCUT2D eigenvalue weighted by Crippen LogP contribution is -2.72. The second-order valence-corrected chi connectivity index (χ2v) is 4.02. The molecule has 0 saturated carbocycles. The largest absolute Gasteiger partial charge is 0.329 e. The van der Waals surface area contributed by atoms with Crippen LogP contribution in [0.3, 0.4) is 0 Å². The van der Waals surface area contributed by atoms with Crippen molar-refractivity contribution in [2.24, 2.45) is 22.9 Å². The highest BCUT2D eigenvalue weighted by Crippen LogP contribution is 1.93. The van der Waals surface area contributed by atoms with Crippen molar-refractivity contribution in [2.45, 2.75) is 5.79 Å². The van der Waals surface area contributed by atoms with Crippen LogP contribution in [0.5, 0.6) is 0 Å². The van der Waals surface area contributed by atoms with Crippen molar-refractivity contribution < 1.29 is 0 Å². The zero-order valence-electron chi connectivity index (χ0n) is 11.2. The van der Waals surface area contributed by atoms with E-state index in [2.05, 4.69) is 21.3 Å². The molecule has 0 aliphatic rings. The predicted octanol–water partition coefficient (Wildman–Crippen LogP) is -4.17. The Bertz CT molecular complexity index is 155. The van der Waals surface area contributed by atoms with Crippen molar-refractivity contribution in [1.29, 1.82) is 0 Å². The Hall–Kier alpha value is -0.320. The van der Waals surface area contributed by atoms with Crippen LogP contribution in [-0.4, -0.2) is 64.7 Å². The van der Waals surface area contributed by atoms with E-state index in [1.54, 1.807) is 0 Å². The molecule has 0 aliphatic carbocycles. The van der Waals surface area contributed by atoms with Gasteiger partial charge in [-0.15, -0.1) is 0 Å². The minimum atomic E-state index is -0.451. The second kappa shape index (κ2) is 11.8. The van der Waals surface area contributed by atoms with E-state index in [1.165, 1.54) is 0 Å². The molecule has 0 heterocycles. The highest BCUT2D eigenvalue weighted by atomic mass is 15.4. The van der Waals surface area contributed by atoms with Crippen LogP contribution in [0.1, 0.15) is 0 Å². The van der Waals surface area contributed by atoms with E-state index in [-0.39, 0.29) is 0 Å². The van der Waals surface area contributed by atoms with E-state index in [1.807, 2.05) is 0 Å². The molecular formula is C10H30N8. The van der Waals surface area contributed by atoms with E-state index < -0.39 is 5.79 Å². The Morgan fingerprint density at radius 2 is 1.00 bits per heavy atom. The fraction of sp³-hybridized carbons (Fsp3) is 1.00. The van der Waals surface area contributed by atoms with Gasteiger partial charge < -0.3 is 28.3 Å². The van der Waals surface area contributed by atoms with Gasteiger partial charge >= 0.3 is 0 Å². The topological polar surface area (TPSA) is 152 Å². The Balaban J connectivity index is 4.41. The third kappa shape index (κ3) is 7.90. The molecule has 0 radical (unpaired) electrons. The smallest absolute Gasteiger partial charge is 0.136 e. The van der Waals surface area contributed by atoms with E-state index >= 15 is 0 Å². The van der Waals surface area contributed by atoms with Crippen molar-refractivity contribution >= 4 is 0 Å². The molecule has 0 aromatic heterocycles. The van der Waals surface area contributed by atoms with Gasteiger partial charge in [0.25, 0.3) is 0 Å². The average molecular weight is 262 g/mol. The minimum absolute atomic E-state index is 0.451. The van der Waals surface area contributed by atoms with Gasteiger partial charge in [0.1, 0.15) is 5.79 Å². The van der Waals surface area contributed by atoms with Crippen molar-refractivity contribution in [3.8, 4) is 0 Å². The molecule has 0 rings (SSSR count). The highest BCUT2D eigenvalue weighted by molar-refractivity contribution is 4.86. The summed E-state index contributed by atoms with van der Waals surface area (Å²) < 4.78 is 0. The molecule has 12 N–H and O–H groups in total. The maximum Gasteiger partial charge on any atom is 0.136 e. The van der Waals surface area contributed by atoms with Crippen LogP contribution in [0.2, 0.25) is 0 Å². The van der Waals surface area contributed by atoms with Crippen molar-refractivity contribution in [2.75, 3.05) is 58.9 Å². The number of hydrogen-bond donors (Lipinski definition) is 8. The second-order valence-electron chi connectivity index (χ2n) is 4.02. The summed E-state index contributed by atoms with van der Waals surface area (Å²) in [4.78, 5) is 0. The summed E-state index contributed by atoms with van der Waals surface area (Å²) in [5, 5.41) is 13.3. The first-order valence-electron chi connectivity index (χ1n) is 6.50. The molecule has 0 unspecified atom stereocenters. The first kappa shape index (κ1) is 17.7. The lowest BCUT2D eigenvalue weighted by atomic mass is 10.2. The third-order valence-corrected chi connectivity index (χ3v) is 2.42. The summed E-state index contributed by atoms with van der Waals surface area (Å²) in [6.45, 7) is 5.79. The zero-order chi connectivity index (χ0) is 13.7. The quantitative estimate of drug-likeness (QED) is 0.123. The molecule has 0 aromatic rings. The lowest BCUT2D eigenvalue weighted by Gasteiger charge is -2.37. The summed E-state index contributed by atoms with van der Waals surface area (Å²) in [5.74, 6) is -0.451. The van der Waals surface area contributed by atoms with Crippen LogP contribution in [0.25, 0.3) is 0 Å². The maximum absolute atomic E-state index is 5.54. The van der Waals surface area contributed by atoms with Gasteiger partial charge in [-0.1, -0.05) is 0 Å². The predicted molar refractivity (Wildman–Crippen MR) is 75.8 cm³/mol. The van der Waals surface area contributed by atoms with Gasteiger partial charge in [0, 0.05) is 58.9 Å². The maximum atomic E-state index is 5.54. The SMILES string of the molecule is NCCNCC(NCCN)(NCCN)NCCN. The van der Waals surface area contributed by atoms with E-state index in [9.17, 15) is 0 Å². The van der Waals surface area contributed by atoms with E-state index in [0.29, 0.717) is 52.4 Å². The molecule has 0 spiro atoms. The molecule has 0 fully saturated rings. The summed E-state index contributed by atoms with van der Waals surface area (Å²) in [7, 11) is 0. The molecule has 0 aromatic carbocycles. The average Bonchev–Trinajstić information content (AvgIpc) is 2.40. The summed E-state index contributed by atoms with van der Waals surface area (Å²) >= 11 is 0. The van der Waals surface area contributed by atoms with Gasteiger partial charge in [-0.25, -0.2) is 0 Å². The Kier molecular flexibility index (Phi) is 11.5. The Labute approximate surface area is 110 Å². The fourth-order valence-electron chi connectivity index (χ4n) is 1.61. The summed E-state index contributed by atoms with van der Waals surface area (Å²) in [5.41, 5.74) is 22.1. The molecule has 0 aliphatic heterocycles. The molecule has 0 atom stereocenters. The normalized spacial score (nSPS) is 12.0. The van der Waals surface area contributed by atoms with Gasteiger partial charge in [-0.2, -0.15) is 0 Å². The molecule has 0 amide bonds. The van der Waals surface area contributed by atoms with Gasteiger partial charge in [-0.3, -0.25) is 16.0 Å². The van der Waals surface area contributed by atoms with Gasteiger partial charge in [-0.05, 0) is 0 Å². The lowest BCUT2D eigenvalue weighted by molar-refractivity contribution is 0.197. The standard InChI is InChI=1S/C10H30N8/c11-1-5-15-9-10(16-6-2-12,17-7-3-13)18-8-4-14/h15-18H,1-9,11-14H2. The molecule has 110 valence electrons. The van der Waals surface area contributed by atoms with Crippen molar-refractivity contribution in [1.82, 2.24) is 21.3 Å². The van der Waals surface area contributed by atoms with E-state index in [0.717, 1.165) is 6.54 Å². The molecule has 0 bridgehead atoms. The molecule has 8 heteroatoms. The molecule has 0 saturated heterocycles. The first-order chi connectivity index (χ1) is 8.74. The number of rotatable bonds is 13. The van der Waals surface area contributed by atoms with Gasteiger partial charge in [0.15, 0.2) is 0 Å². The minimum Gasteiger partial charge on any atom is -0.329 e. The Morgan fingerprint density at radius 3 is 1.33 bits per heavy atom. The monoisotopic (exact) mass is 262 g/mol.